The van der Waals surface area contributed by atoms with Crippen LogP contribution in [0.4, 0.5) is 0 Å². The normalized spacial score (nSPS) is 12.2. The van der Waals surface area contributed by atoms with Gasteiger partial charge in [-0.2, -0.15) is 0 Å². The van der Waals surface area contributed by atoms with Gasteiger partial charge < -0.3 is 10.3 Å². The monoisotopic (exact) mass is 255 g/mol. The third kappa shape index (κ3) is 3.80. The molecule has 0 radical (unpaired) electrons. The summed E-state index contributed by atoms with van der Waals surface area (Å²) in [5, 5.41) is 0. The minimum Gasteiger partial charge on any atom is -0.329 e. The van der Waals surface area contributed by atoms with Crippen LogP contribution in [0.3, 0.4) is 0 Å². The van der Waals surface area contributed by atoms with Crippen LogP contribution in [0.2, 0.25) is 0 Å². The maximum absolute atomic E-state index is 6.30. The predicted molar refractivity (Wildman–Crippen MR) is 78.7 cm³/mol. The Morgan fingerprint density at radius 2 is 2.05 bits per heavy atom. The Labute approximate surface area is 114 Å². The molecule has 2 N–H and O–H groups in total. The van der Waals surface area contributed by atoms with Crippen molar-refractivity contribution in [1.82, 2.24) is 9.55 Å². The van der Waals surface area contributed by atoms with Crippen LogP contribution in [-0.4, -0.2) is 9.55 Å². The van der Waals surface area contributed by atoms with Crippen LogP contribution in [0, 0.1) is 0 Å². The van der Waals surface area contributed by atoms with Gasteiger partial charge in [-0.05, 0) is 25.8 Å². The molecule has 2 rings (SSSR count). The summed E-state index contributed by atoms with van der Waals surface area (Å²) >= 11 is 0. The fraction of sp³-hybridized carbons (Fsp3) is 0.312. The molecule has 0 saturated carbocycles. The Kier molecular flexibility index (Phi) is 4.53. The lowest BCUT2D eigenvalue weighted by Crippen LogP contribution is -2.17. The molecule has 2 aromatic rings. The zero-order chi connectivity index (χ0) is 13.7. The Bertz CT molecular complexity index is 536. The van der Waals surface area contributed by atoms with Gasteiger partial charge >= 0.3 is 0 Å². The number of rotatable bonds is 5. The molecule has 100 valence electrons. The topological polar surface area (TPSA) is 43.8 Å². The van der Waals surface area contributed by atoms with Crippen LogP contribution in [0.5, 0.6) is 0 Å². The predicted octanol–water partition coefficient (Wildman–Crippen LogP) is 3.09. The lowest BCUT2D eigenvalue weighted by atomic mass is 10.0. The van der Waals surface area contributed by atoms with E-state index in [0.29, 0.717) is 0 Å². The Morgan fingerprint density at radius 3 is 2.74 bits per heavy atom. The highest BCUT2D eigenvalue weighted by atomic mass is 15.1. The van der Waals surface area contributed by atoms with Crippen LogP contribution in [0.25, 0.3) is 0 Å². The Morgan fingerprint density at radius 1 is 1.32 bits per heavy atom. The molecule has 3 nitrogen and oxygen atoms in total. The second-order valence-corrected chi connectivity index (χ2v) is 5.05. The molecule has 1 heterocycles. The number of benzene rings is 1. The lowest BCUT2D eigenvalue weighted by molar-refractivity contribution is 0.635. The van der Waals surface area contributed by atoms with Crippen molar-refractivity contribution in [1.29, 1.82) is 0 Å². The fourth-order valence-corrected chi connectivity index (χ4v) is 2.05. The Hall–Kier alpha value is -1.87. The highest BCUT2D eigenvalue weighted by Gasteiger charge is 2.11. The molecule has 0 saturated heterocycles. The van der Waals surface area contributed by atoms with Crippen molar-refractivity contribution in [3.8, 4) is 0 Å². The molecular weight excluding hydrogens is 234 g/mol. The number of aromatic nitrogens is 2. The lowest BCUT2D eigenvalue weighted by Gasteiger charge is -2.14. The molecule has 1 aromatic heterocycles. The number of imidazole rings is 1. The van der Waals surface area contributed by atoms with Gasteiger partial charge in [-0.3, -0.25) is 0 Å². The first-order chi connectivity index (χ1) is 9.16. The van der Waals surface area contributed by atoms with E-state index in [2.05, 4.69) is 41.6 Å². The number of hydrogen-bond donors (Lipinski definition) is 1. The summed E-state index contributed by atoms with van der Waals surface area (Å²) in [6.45, 7) is 5.03. The average Bonchev–Trinajstić information content (AvgIpc) is 2.86. The maximum Gasteiger partial charge on any atom is 0.0951 e. The second-order valence-electron chi connectivity index (χ2n) is 5.05. The molecule has 0 spiro atoms. The van der Waals surface area contributed by atoms with Gasteiger partial charge in [-0.1, -0.05) is 42.0 Å². The molecule has 19 heavy (non-hydrogen) atoms. The van der Waals surface area contributed by atoms with Crippen molar-refractivity contribution in [2.45, 2.75) is 32.9 Å². The van der Waals surface area contributed by atoms with Gasteiger partial charge in [0, 0.05) is 12.7 Å². The van der Waals surface area contributed by atoms with Crippen LogP contribution in [0.15, 0.2) is 54.5 Å². The van der Waals surface area contributed by atoms with E-state index in [-0.39, 0.29) is 6.04 Å². The number of allylic oxidation sites excluding steroid dienone is 2. The molecule has 0 unspecified atom stereocenters. The molecule has 1 aromatic carbocycles. The quantitative estimate of drug-likeness (QED) is 0.834. The highest BCUT2D eigenvalue weighted by molar-refractivity contribution is 5.18. The van der Waals surface area contributed by atoms with E-state index in [1.165, 1.54) is 11.1 Å². The van der Waals surface area contributed by atoms with Gasteiger partial charge in [0.1, 0.15) is 0 Å². The van der Waals surface area contributed by atoms with Gasteiger partial charge in [0.15, 0.2) is 0 Å². The van der Waals surface area contributed by atoms with Gasteiger partial charge in [0.2, 0.25) is 0 Å². The molecule has 0 amide bonds. The van der Waals surface area contributed by atoms with Crippen LogP contribution in [-0.2, 0) is 13.0 Å². The van der Waals surface area contributed by atoms with E-state index in [1.807, 2.05) is 30.7 Å². The molecule has 0 bridgehead atoms. The third-order valence-electron chi connectivity index (χ3n) is 3.12. The average molecular weight is 255 g/mol. The zero-order valence-corrected chi connectivity index (χ0v) is 11.6. The van der Waals surface area contributed by atoms with Crippen molar-refractivity contribution in [2.75, 3.05) is 0 Å². The van der Waals surface area contributed by atoms with E-state index in [1.54, 1.807) is 0 Å². The number of nitrogens with zero attached hydrogens (tertiary/aromatic N) is 2. The largest absolute Gasteiger partial charge is 0.329 e. The van der Waals surface area contributed by atoms with E-state index in [0.717, 1.165) is 18.7 Å². The molecule has 0 aliphatic rings. The number of nitrogens with two attached hydrogens (primary N) is 1. The minimum atomic E-state index is -0.0181. The zero-order valence-electron chi connectivity index (χ0n) is 11.6. The van der Waals surface area contributed by atoms with Crippen LogP contribution in [0.1, 0.15) is 31.1 Å². The van der Waals surface area contributed by atoms with Crippen molar-refractivity contribution in [3.05, 3.63) is 65.8 Å². The molecule has 1 atom stereocenters. The van der Waals surface area contributed by atoms with Gasteiger partial charge in [-0.25, -0.2) is 4.98 Å². The summed E-state index contributed by atoms with van der Waals surface area (Å²) in [4.78, 5) is 4.22. The van der Waals surface area contributed by atoms with Crippen LogP contribution < -0.4 is 5.73 Å². The summed E-state index contributed by atoms with van der Waals surface area (Å²) in [6.07, 6.45) is 6.73. The van der Waals surface area contributed by atoms with Crippen molar-refractivity contribution in [3.63, 3.8) is 0 Å². The van der Waals surface area contributed by atoms with E-state index in [9.17, 15) is 0 Å². The van der Waals surface area contributed by atoms with Crippen molar-refractivity contribution in [2.24, 2.45) is 5.73 Å². The molecule has 3 heteroatoms. The van der Waals surface area contributed by atoms with Crippen LogP contribution >= 0.6 is 0 Å². The SMILES string of the molecule is CC(C)=CCn1cncc1[C@H](N)Cc1ccccc1. The van der Waals surface area contributed by atoms with Gasteiger partial charge in [0.25, 0.3) is 0 Å². The summed E-state index contributed by atoms with van der Waals surface area (Å²) in [5.74, 6) is 0. The first kappa shape index (κ1) is 13.6. The summed E-state index contributed by atoms with van der Waals surface area (Å²) in [7, 11) is 0. The van der Waals surface area contributed by atoms with E-state index in [4.69, 9.17) is 5.73 Å². The first-order valence-corrected chi connectivity index (χ1v) is 6.59. The molecule has 0 fully saturated rings. The summed E-state index contributed by atoms with van der Waals surface area (Å²) in [5.41, 5.74) is 9.94. The standard InChI is InChI=1S/C16H21N3/c1-13(2)8-9-19-12-18-11-16(19)15(17)10-14-6-4-3-5-7-14/h3-8,11-12,15H,9-10,17H2,1-2H3/t15-/m1/s1. The van der Waals surface area contributed by atoms with Gasteiger partial charge in [-0.15, -0.1) is 0 Å². The van der Waals surface area contributed by atoms with Crippen molar-refractivity contribution >= 4 is 0 Å². The minimum absolute atomic E-state index is 0.0181. The number of hydrogen-bond acceptors (Lipinski definition) is 2. The van der Waals surface area contributed by atoms with Gasteiger partial charge in [0.05, 0.1) is 18.1 Å². The fourth-order valence-electron chi connectivity index (χ4n) is 2.05. The highest BCUT2D eigenvalue weighted by Crippen LogP contribution is 2.16. The maximum atomic E-state index is 6.30. The molecule has 0 aliphatic carbocycles. The Balaban J connectivity index is 2.09. The third-order valence-corrected chi connectivity index (χ3v) is 3.12. The summed E-state index contributed by atoms with van der Waals surface area (Å²) in [6, 6.07) is 10.3. The summed E-state index contributed by atoms with van der Waals surface area (Å²) < 4.78 is 2.11. The molecular formula is C16H21N3. The first-order valence-electron chi connectivity index (χ1n) is 6.59. The smallest absolute Gasteiger partial charge is 0.0951 e. The van der Waals surface area contributed by atoms with E-state index >= 15 is 0 Å². The van der Waals surface area contributed by atoms with Crippen molar-refractivity contribution < 1.29 is 0 Å². The van der Waals surface area contributed by atoms with E-state index < -0.39 is 0 Å². The second kappa shape index (κ2) is 6.34. The molecule has 0 aliphatic heterocycles.